The molecule has 0 saturated carbocycles. The van der Waals surface area contributed by atoms with E-state index < -0.39 is 0 Å². The van der Waals surface area contributed by atoms with Crippen LogP contribution in [-0.2, 0) is 0 Å². The van der Waals surface area contributed by atoms with E-state index in [-0.39, 0.29) is 11.5 Å². The number of ketones is 1. The maximum Gasteiger partial charge on any atom is 0.277 e. The van der Waals surface area contributed by atoms with Crippen LogP contribution in [0.25, 0.3) is 11.5 Å². The zero-order valence-electron chi connectivity index (χ0n) is 11.6. The molecule has 0 saturated heterocycles. The van der Waals surface area contributed by atoms with E-state index >= 15 is 0 Å². The van der Waals surface area contributed by atoms with E-state index in [1.54, 1.807) is 0 Å². The van der Waals surface area contributed by atoms with Gasteiger partial charge in [0, 0.05) is 10.0 Å². The molecule has 0 fully saturated rings. The molecule has 112 valence electrons. The van der Waals surface area contributed by atoms with Crippen LogP contribution < -0.4 is 0 Å². The fraction of sp³-hybridized carbons (Fsp3) is 0.133. The minimum absolute atomic E-state index is 0.0435. The molecule has 0 atom stereocenters. The number of hydrogen-bond donors (Lipinski definition) is 0. The summed E-state index contributed by atoms with van der Waals surface area (Å²) in [4.78, 5) is 12.8. The zero-order chi connectivity index (χ0) is 15.5. The van der Waals surface area contributed by atoms with Crippen LogP contribution in [-0.4, -0.2) is 21.7 Å². The number of Topliss-reactive ketones (excluding diaryl/α,β-unsaturated/α-hetero) is 1. The Kier molecular flexibility index (Phi) is 4.75. The van der Waals surface area contributed by atoms with Gasteiger partial charge in [-0.25, -0.2) is 0 Å². The van der Waals surface area contributed by atoms with Gasteiger partial charge in [0.2, 0.25) is 5.89 Å². The number of rotatable bonds is 5. The van der Waals surface area contributed by atoms with Crippen molar-refractivity contribution < 1.29 is 9.21 Å². The smallest absolute Gasteiger partial charge is 0.277 e. The van der Waals surface area contributed by atoms with Gasteiger partial charge in [-0.2, -0.15) is 0 Å². The fourth-order valence-electron chi connectivity index (χ4n) is 1.77. The molecule has 22 heavy (non-hydrogen) atoms. The van der Waals surface area contributed by atoms with E-state index in [1.807, 2.05) is 42.6 Å². The summed E-state index contributed by atoms with van der Waals surface area (Å²) in [6, 6.07) is 9.72. The Labute approximate surface area is 144 Å². The zero-order valence-corrected chi connectivity index (χ0v) is 14.8. The lowest BCUT2D eigenvalue weighted by atomic mass is 10.1. The first kappa shape index (κ1) is 15.5. The third-order valence-corrected chi connectivity index (χ3v) is 5.60. The Morgan fingerprint density at radius 3 is 2.73 bits per heavy atom. The molecular formula is C15H11BrN2O2S2. The van der Waals surface area contributed by atoms with Gasteiger partial charge < -0.3 is 4.42 Å². The van der Waals surface area contributed by atoms with Crippen LogP contribution in [0.1, 0.15) is 15.2 Å². The minimum atomic E-state index is 0.0435. The first-order valence-electron chi connectivity index (χ1n) is 6.43. The summed E-state index contributed by atoms with van der Waals surface area (Å²) < 4.78 is 6.42. The van der Waals surface area contributed by atoms with Crippen molar-refractivity contribution in [3.05, 3.63) is 50.6 Å². The van der Waals surface area contributed by atoms with Crippen LogP contribution >= 0.6 is 39.0 Å². The Balaban J connectivity index is 1.66. The monoisotopic (exact) mass is 394 g/mol. The van der Waals surface area contributed by atoms with Gasteiger partial charge in [-0.15, -0.1) is 21.5 Å². The van der Waals surface area contributed by atoms with Gasteiger partial charge in [0.1, 0.15) is 0 Å². The van der Waals surface area contributed by atoms with Crippen molar-refractivity contribution in [3.63, 3.8) is 0 Å². The molecule has 0 aliphatic carbocycles. The predicted molar refractivity (Wildman–Crippen MR) is 91.5 cm³/mol. The molecule has 4 nitrogen and oxygen atoms in total. The maximum absolute atomic E-state index is 12.1. The molecule has 0 amide bonds. The average molecular weight is 395 g/mol. The van der Waals surface area contributed by atoms with Gasteiger partial charge in [-0.3, -0.25) is 4.79 Å². The van der Waals surface area contributed by atoms with Crippen LogP contribution in [0.4, 0.5) is 0 Å². The van der Waals surface area contributed by atoms with E-state index in [0.29, 0.717) is 16.0 Å². The molecule has 3 rings (SSSR count). The molecule has 2 aromatic heterocycles. The molecule has 7 heteroatoms. The molecule has 3 aromatic rings. The van der Waals surface area contributed by atoms with Crippen LogP contribution in [0.2, 0.25) is 0 Å². The Hall–Kier alpha value is -1.44. The van der Waals surface area contributed by atoms with Crippen LogP contribution in [0.5, 0.6) is 0 Å². The summed E-state index contributed by atoms with van der Waals surface area (Å²) in [5.74, 6) is 0.781. The number of hydrogen-bond acceptors (Lipinski definition) is 6. The van der Waals surface area contributed by atoms with Crippen molar-refractivity contribution in [2.45, 2.75) is 12.1 Å². The molecule has 0 aliphatic heterocycles. The van der Waals surface area contributed by atoms with Gasteiger partial charge in [0.15, 0.2) is 5.78 Å². The highest BCUT2D eigenvalue weighted by molar-refractivity contribution is 9.10. The van der Waals surface area contributed by atoms with Crippen molar-refractivity contribution in [3.8, 4) is 11.5 Å². The summed E-state index contributed by atoms with van der Waals surface area (Å²) >= 11 is 6.03. The number of benzene rings is 1. The van der Waals surface area contributed by atoms with Crippen LogP contribution in [0.15, 0.2) is 49.8 Å². The Morgan fingerprint density at radius 1 is 1.27 bits per heavy atom. The largest absolute Gasteiger partial charge is 0.411 e. The van der Waals surface area contributed by atoms with E-state index in [9.17, 15) is 4.79 Å². The maximum atomic E-state index is 12.1. The van der Waals surface area contributed by atoms with Gasteiger partial charge in [-0.05, 0) is 46.4 Å². The molecule has 0 radical (unpaired) electrons. The third kappa shape index (κ3) is 3.48. The van der Waals surface area contributed by atoms with Crippen molar-refractivity contribution in [2.24, 2.45) is 0 Å². The molecule has 0 unspecified atom stereocenters. The first-order chi connectivity index (χ1) is 10.6. The number of halogens is 1. The average Bonchev–Trinajstić information content (AvgIpc) is 3.14. The van der Waals surface area contributed by atoms with Gasteiger partial charge in [0.05, 0.1) is 10.6 Å². The SMILES string of the molecule is Cc1ccc(-c2nnc(SCC(=O)c3sccc3Br)o2)cc1. The molecule has 0 aliphatic rings. The van der Waals surface area contributed by atoms with Gasteiger partial charge >= 0.3 is 0 Å². The lowest BCUT2D eigenvalue weighted by Crippen LogP contribution is -2.00. The van der Waals surface area contributed by atoms with Crippen molar-refractivity contribution >= 4 is 44.8 Å². The highest BCUT2D eigenvalue weighted by atomic mass is 79.9. The Morgan fingerprint density at radius 2 is 2.05 bits per heavy atom. The quantitative estimate of drug-likeness (QED) is 0.457. The highest BCUT2D eigenvalue weighted by Crippen LogP contribution is 2.27. The lowest BCUT2D eigenvalue weighted by molar-refractivity contribution is 0.102. The van der Waals surface area contributed by atoms with Crippen LogP contribution in [0.3, 0.4) is 0 Å². The number of thiophene rings is 1. The molecule has 1 aromatic carbocycles. The molecule has 2 heterocycles. The summed E-state index contributed by atoms with van der Waals surface area (Å²) in [6.45, 7) is 2.02. The minimum Gasteiger partial charge on any atom is -0.411 e. The Bertz CT molecular complexity index is 796. The van der Waals surface area contributed by atoms with Gasteiger partial charge in [-0.1, -0.05) is 29.5 Å². The highest BCUT2D eigenvalue weighted by Gasteiger charge is 2.15. The summed E-state index contributed by atoms with van der Waals surface area (Å²) in [6.07, 6.45) is 0. The summed E-state index contributed by atoms with van der Waals surface area (Å²) in [5, 5.41) is 10.3. The fourth-order valence-corrected chi connectivity index (χ4v) is 4.03. The molecule has 0 N–H and O–H groups in total. The molecular weight excluding hydrogens is 384 g/mol. The topological polar surface area (TPSA) is 56.0 Å². The second-order valence-corrected chi connectivity index (χ2v) is 7.25. The normalized spacial score (nSPS) is 10.8. The number of aromatic nitrogens is 2. The number of thioether (sulfide) groups is 1. The van der Waals surface area contributed by atoms with Crippen LogP contribution in [0, 0.1) is 6.92 Å². The van der Waals surface area contributed by atoms with Crippen molar-refractivity contribution in [2.75, 3.05) is 5.75 Å². The third-order valence-electron chi connectivity index (χ3n) is 2.90. The standard InChI is InChI=1S/C15H11BrN2O2S2/c1-9-2-4-10(5-3-9)14-17-18-15(20-14)22-8-12(19)13-11(16)6-7-21-13/h2-7H,8H2,1H3. The van der Waals surface area contributed by atoms with Crippen molar-refractivity contribution in [1.29, 1.82) is 0 Å². The number of nitrogens with zero attached hydrogens (tertiary/aromatic N) is 2. The number of carbonyl (C=O) groups is 1. The number of carbonyl (C=O) groups excluding carboxylic acids is 1. The molecule has 0 bridgehead atoms. The van der Waals surface area contributed by atoms with E-state index in [0.717, 1.165) is 10.0 Å². The number of aryl methyl sites for hydroxylation is 1. The second-order valence-electron chi connectivity index (χ2n) is 4.55. The van der Waals surface area contributed by atoms with Crippen molar-refractivity contribution in [1.82, 2.24) is 10.2 Å². The van der Waals surface area contributed by atoms with E-state index in [2.05, 4.69) is 26.1 Å². The van der Waals surface area contributed by atoms with Gasteiger partial charge in [0.25, 0.3) is 5.22 Å². The first-order valence-corrected chi connectivity index (χ1v) is 9.09. The molecule has 0 spiro atoms. The summed E-state index contributed by atoms with van der Waals surface area (Å²) in [7, 11) is 0. The van der Waals surface area contributed by atoms with E-state index in [1.165, 1.54) is 28.7 Å². The predicted octanol–water partition coefficient (Wildman–Crippen LogP) is 4.84. The van der Waals surface area contributed by atoms with E-state index in [4.69, 9.17) is 4.42 Å². The summed E-state index contributed by atoms with van der Waals surface area (Å²) in [5.41, 5.74) is 2.04. The second kappa shape index (κ2) is 6.76. The lowest BCUT2D eigenvalue weighted by Gasteiger charge is -1.97.